The van der Waals surface area contributed by atoms with Gasteiger partial charge in [0.05, 0.1) is 6.10 Å². The molecule has 0 saturated heterocycles. The Bertz CT molecular complexity index is 1250. The van der Waals surface area contributed by atoms with Crippen LogP contribution in [0, 0.1) is 11.4 Å². The molecule has 0 saturated carbocycles. The van der Waals surface area contributed by atoms with E-state index >= 15 is 0 Å². The molecule has 0 amide bonds. The number of ether oxygens (including phenoxy) is 2. The number of aliphatic imine (C=N–C) groups is 1. The number of amidine groups is 1. The summed E-state index contributed by atoms with van der Waals surface area (Å²) >= 11 is 0. The van der Waals surface area contributed by atoms with Crippen molar-refractivity contribution in [1.82, 2.24) is 4.98 Å². The van der Waals surface area contributed by atoms with Gasteiger partial charge in [0, 0.05) is 22.9 Å². The Morgan fingerprint density at radius 2 is 1.76 bits per heavy atom. The SMILES string of the molecule is CC(C)(C)CC(O)c1ccc2c(c1)[C@@]1(COC(N)=N1)c1cc(-c3ccc(F)nc3)ccc1O2. The number of rotatable bonds is 3. The maximum Gasteiger partial charge on any atom is 0.283 e. The van der Waals surface area contributed by atoms with Crippen LogP contribution < -0.4 is 10.5 Å². The number of benzene rings is 2. The number of halogens is 1. The lowest BCUT2D eigenvalue weighted by atomic mass is 9.79. The summed E-state index contributed by atoms with van der Waals surface area (Å²) in [6, 6.07) is 14.5. The second-order valence-electron chi connectivity index (χ2n) is 9.82. The molecule has 0 fully saturated rings. The highest BCUT2D eigenvalue weighted by Crippen LogP contribution is 2.52. The van der Waals surface area contributed by atoms with Gasteiger partial charge >= 0.3 is 0 Å². The molecule has 2 aromatic carbocycles. The minimum absolute atomic E-state index is 0.0345. The van der Waals surface area contributed by atoms with Gasteiger partial charge in [-0.1, -0.05) is 32.9 Å². The Kier molecular flexibility index (Phi) is 4.90. The summed E-state index contributed by atoms with van der Waals surface area (Å²) in [6.07, 6.45) is 1.47. The first-order chi connectivity index (χ1) is 15.6. The lowest BCUT2D eigenvalue weighted by Gasteiger charge is -2.34. The summed E-state index contributed by atoms with van der Waals surface area (Å²) < 4.78 is 25.2. The van der Waals surface area contributed by atoms with Crippen molar-refractivity contribution in [2.45, 2.75) is 38.8 Å². The van der Waals surface area contributed by atoms with Gasteiger partial charge in [-0.2, -0.15) is 4.39 Å². The van der Waals surface area contributed by atoms with E-state index in [1.807, 2.05) is 36.4 Å². The highest BCUT2D eigenvalue weighted by Gasteiger charge is 2.47. The predicted molar refractivity (Wildman–Crippen MR) is 124 cm³/mol. The maximum absolute atomic E-state index is 13.3. The van der Waals surface area contributed by atoms with Crippen molar-refractivity contribution >= 4 is 6.02 Å². The first-order valence-electron chi connectivity index (χ1n) is 10.9. The number of hydrogen-bond acceptors (Lipinski definition) is 6. The van der Waals surface area contributed by atoms with E-state index in [4.69, 9.17) is 20.2 Å². The third-order valence-corrected chi connectivity index (χ3v) is 6.08. The molecule has 3 heterocycles. The van der Waals surface area contributed by atoms with Crippen LogP contribution in [0.15, 0.2) is 59.7 Å². The van der Waals surface area contributed by atoms with Crippen molar-refractivity contribution in [1.29, 1.82) is 0 Å². The Morgan fingerprint density at radius 3 is 2.39 bits per heavy atom. The smallest absolute Gasteiger partial charge is 0.283 e. The average molecular weight is 448 g/mol. The Labute approximate surface area is 191 Å². The van der Waals surface area contributed by atoms with E-state index in [2.05, 4.69) is 25.8 Å². The summed E-state index contributed by atoms with van der Waals surface area (Å²) in [6.45, 7) is 6.50. The summed E-state index contributed by atoms with van der Waals surface area (Å²) in [7, 11) is 0. The molecule has 2 atom stereocenters. The van der Waals surface area contributed by atoms with Crippen molar-refractivity contribution in [3.8, 4) is 22.6 Å². The zero-order valence-corrected chi connectivity index (χ0v) is 18.8. The average Bonchev–Trinajstić information content (AvgIpc) is 3.15. The Balaban J connectivity index is 1.64. The maximum atomic E-state index is 13.3. The summed E-state index contributed by atoms with van der Waals surface area (Å²) in [5.74, 6) is 0.757. The fourth-order valence-corrected chi connectivity index (χ4v) is 4.50. The van der Waals surface area contributed by atoms with Crippen LogP contribution in [-0.4, -0.2) is 22.7 Å². The minimum Gasteiger partial charge on any atom is -0.462 e. The second kappa shape index (κ2) is 7.56. The van der Waals surface area contributed by atoms with Gasteiger partial charge in [-0.25, -0.2) is 9.98 Å². The molecule has 0 aliphatic carbocycles. The summed E-state index contributed by atoms with van der Waals surface area (Å²) in [5, 5.41) is 10.9. The fourth-order valence-electron chi connectivity index (χ4n) is 4.50. The van der Waals surface area contributed by atoms with E-state index in [1.54, 1.807) is 6.07 Å². The molecular weight excluding hydrogens is 421 g/mol. The molecule has 3 N–H and O–H groups in total. The number of aliphatic hydroxyl groups is 1. The van der Waals surface area contributed by atoms with Crippen molar-refractivity contribution in [2.24, 2.45) is 16.1 Å². The van der Waals surface area contributed by atoms with Crippen molar-refractivity contribution in [3.05, 3.63) is 77.4 Å². The highest BCUT2D eigenvalue weighted by atomic mass is 19.1. The summed E-state index contributed by atoms with van der Waals surface area (Å²) in [4.78, 5) is 8.49. The molecule has 33 heavy (non-hydrogen) atoms. The minimum atomic E-state index is -0.909. The number of aliphatic hydroxyl groups excluding tert-OH is 1. The van der Waals surface area contributed by atoms with Crippen molar-refractivity contribution in [3.63, 3.8) is 0 Å². The number of aromatic nitrogens is 1. The van der Waals surface area contributed by atoms with Crippen LogP contribution in [0.5, 0.6) is 11.5 Å². The number of nitrogens with zero attached hydrogens (tertiary/aromatic N) is 2. The van der Waals surface area contributed by atoms with Gasteiger partial charge in [-0.05, 0) is 59.4 Å². The number of nitrogens with two attached hydrogens (primary N) is 1. The van der Waals surface area contributed by atoms with E-state index in [-0.39, 0.29) is 18.0 Å². The molecule has 3 aromatic rings. The van der Waals surface area contributed by atoms with Gasteiger partial charge < -0.3 is 20.3 Å². The normalized spacial score (nSPS) is 19.8. The van der Waals surface area contributed by atoms with Gasteiger partial charge in [0.1, 0.15) is 18.1 Å². The summed E-state index contributed by atoms with van der Waals surface area (Å²) in [5.41, 5.74) is 9.02. The van der Waals surface area contributed by atoms with Gasteiger partial charge in [-0.15, -0.1) is 0 Å². The number of hydrogen-bond donors (Lipinski definition) is 2. The van der Waals surface area contributed by atoms with Gasteiger partial charge in [0.2, 0.25) is 5.95 Å². The quantitative estimate of drug-likeness (QED) is 0.548. The van der Waals surface area contributed by atoms with Crippen LogP contribution >= 0.6 is 0 Å². The van der Waals surface area contributed by atoms with Gasteiger partial charge in [0.25, 0.3) is 6.02 Å². The van der Waals surface area contributed by atoms with Crippen LogP contribution in [0.25, 0.3) is 11.1 Å². The molecule has 5 rings (SSSR count). The van der Waals surface area contributed by atoms with Crippen molar-refractivity contribution in [2.75, 3.05) is 6.61 Å². The van der Waals surface area contributed by atoms with Crippen LogP contribution in [0.3, 0.4) is 0 Å². The van der Waals surface area contributed by atoms with E-state index < -0.39 is 17.6 Å². The van der Waals surface area contributed by atoms with E-state index in [1.165, 1.54) is 12.3 Å². The topological polar surface area (TPSA) is 90.0 Å². The van der Waals surface area contributed by atoms with Crippen LogP contribution in [-0.2, 0) is 10.3 Å². The standard InChI is InChI=1S/C26H26FN3O3/c1-25(2,3)12-20(31)16-5-8-22-19(11-16)26(14-32-24(28)30-26)18-10-15(4-7-21(18)33-22)17-6-9-23(27)29-13-17/h4-11,13,20,31H,12,14H2,1-3H3,(H2,28,30)/t20?,26-/m1/s1. The molecule has 2 aliphatic rings. The predicted octanol–water partition coefficient (Wildman–Crippen LogP) is 5.05. The van der Waals surface area contributed by atoms with Crippen LogP contribution in [0.1, 0.15) is 50.0 Å². The Hall–Kier alpha value is -3.45. The molecule has 2 aliphatic heterocycles. The first kappa shape index (κ1) is 21.4. The molecular formula is C26H26FN3O3. The van der Waals surface area contributed by atoms with Crippen molar-refractivity contribution < 1.29 is 19.0 Å². The van der Waals surface area contributed by atoms with Crippen LogP contribution in [0.4, 0.5) is 4.39 Å². The van der Waals surface area contributed by atoms with E-state index in [0.29, 0.717) is 17.9 Å². The van der Waals surface area contributed by atoms with Gasteiger partial charge in [-0.3, -0.25) is 0 Å². The fraction of sp³-hybridized carbons (Fsp3) is 0.308. The monoisotopic (exact) mass is 447 g/mol. The number of fused-ring (bicyclic) bond motifs is 4. The largest absolute Gasteiger partial charge is 0.462 e. The van der Waals surface area contributed by atoms with E-state index in [0.717, 1.165) is 27.8 Å². The molecule has 0 bridgehead atoms. The zero-order valence-electron chi connectivity index (χ0n) is 18.8. The second-order valence-corrected chi connectivity index (χ2v) is 9.82. The molecule has 0 radical (unpaired) electrons. The lowest BCUT2D eigenvalue weighted by Crippen LogP contribution is -2.31. The molecule has 1 unspecified atom stereocenters. The molecule has 1 aromatic heterocycles. The first-order valence-corrected chi connectivity index (χ1v) is 10.9. The van der Waals surface area contributed by atoms with Gasteiger partial charge in [0.15, 0.2) is 5.54 Å². The van der Waals surface area contributed by atoms with E-state index in [9.17, 15) is 9.50 Å². The highest BCUT2D eigenvalue weighted by molar-refractivity contribution is 5.78. The third-order valence-electron chi connectivity index (χ3n) is 6.08. The van der Waals surface area contributed by atoms with Crippen LogP contribution in [0.2, 0.25) is 0 Å². The number of pyridine rings is 1. The molecule has 170 valence electrons. The Morgan fingerprint density at radius 1 is 1.06 bits per heavy atom. The molecule has 1 spiro atoms. The molecule has 7 heteroatoms. The zero-order chi connectivity index (χ0) is 23.4. The lowest BCUT2D eigenvalue weighted by molar-refractivity contribution is 0.122. The molecule has 6 nitrogen and oxygen atoms in total. The third kappa shape index (κ3) is 3.82.